The van der Waals surface area contributed by atoms with Gasteiger partial charge in [0.15, 0.2) is 0 Å². The molecular weight excluding hydrogens is 208 g/mol. The van der Waals surface area contributed by atoms with Crippen molar-refractivity contribution >= 4 is 5.69 Å². The fourth-order valence-electron chi connectivity index (χ4n) is 1.97. The number of nitrogen functional groups attached to an aromatic ring is 1. The van der Waals surface area contributed by atoms with Gasteiger partial charge in [-0.15, -0.1) is 0 Å². The molecule has 96 valence electrons. The fourth-order valence-corrected chi connectivity index (χ4v) is 1.97. The molecule has 1 aromatic carbocycles. The SMILES string of the molecule is CCCCCCCCNCc1cccc(N)c1. The molecule has 0 aromatic heterocycles. The maximum Gasteiger partial charge on any atom is 0.0317 e. The van der Waals surface area contributed by atoms with Gasteiger partial charge in [-0.25, -0.2) is 0 Å². The highest BCUT2D eigenvalue weighted by molar-refractivity contribution is 5.40. The lowest BCUT2D eigenvalue weighted by Crippen LogP contribution is -2.14. The van der Waals surface area contributed by atoms with E-state index in [1.807, 2.05) is 18.2 Å². The van der Waals surface area contributed by atoms with Crippen LogP contribution in [-0.2, 0) is 6.54 Å². The summed E-state index contributed by atoms with van der Waals surface area (Å²) in [7, 11) is 0. The van der Waals surface area contributed by atoms with Crippen molar-refractivity contribution in [1.29, 1.82) is 0 Å². The van der Waals surface area contributed by atoms with Crippen LogP contribution in [0.25, 0.3) is 0 Å². The van der Waals surface area contributed by atoms with Crippen LogP contribution in [-0.4, -0.2) is 6.54 Å². The molecule has 17 heavy (non-hydrogen) atoms. The van der Waals surface area contributed by atoms with Crippen molar-refractivity contribution in [2.75, 3.05) is 12.3 Å². The number of anilines is 1. The van der Waals surface area contributed by atoms with Crippen molar-refractivity contribution < 1.29 is 0 Å². The average molecular weight is 234 g/mol. The van der Waals surface area contributed by atoms with Gasteiger partial charge in [-0.3, -0.25) is 0 Å². The summed E-state index contributed by atoms with van der Waals surface area (Å²) in [6, 6.07) is 8.09. The van der Waals surface area contributed by atoms with E-state index in [-0.39, 0.29) is 0 Å². The molecule has 0 aliphatic heterocycles. The third kappa shape index (κ3) is 7.01. The molecule has 0 spiro atoms. The monoisotopic (exact) mass is 234 g/mol. The van der Waals surface area contributed by atoms with Gasteiger partial charge in [0.2, 0.25) is 0 Å². The van der Waals surface area contributed by atoms with Crippen LogP contribution in [0.3, 0.4) is 0 Å². The minimum Gasteiger partial charge on any atom is -0.399 e. The van der Waals surface area contributed by atoms with Gasteiger partial charge in [0, 0.05) is 12.2 Å². The predicted octanol–water partition coefficient (Wildman–Crippen LogP) is 3.72. The van der Waals surface area contributed by atoms with E-state index in [2.05, 4.69) is 18.3 Å². The lowest BCUT2D eigenvalue weighted by atomic mass is 10.1. The number of benzene rings is 1. The molecule has 2 nitrogen and oxygen atoms in total. The Labute approximate surface area is 106 Å². The standard InChI is InChI=1S/C15H26N2/c1-2-3-4-5-6-7-11-17-13-14-9-8-10-15(16)12-14/h8-10,12,17H,2-7,11,13,16H2,1H3. The van der Waals surface area contributed by atoms with Gasteiger partial charge in [-0.1, -0.05) is 51.2 Å². The second-order valence-corrected chi connectivity index (χ2v) is 4.69. The summed E-state index contributed by atoms with van der Waals surface area (Å²) in [5, 5.41) is 3.46. The van der Waals surface area contributed by atoms with E-state index < -0.39 is 0 Å². The Balaban J connectivity index is 1.97. The first-order valence-corrected chi connectivity index (χ1v) is 6.88. The van der Waals surface area contributed by atoms with Gasteiger partial charge in [-0.05, 0) is 30.7 Å². The third-order valence-corrected chi connectivity index (χ3v) is 2.99. The highest BCUT2D eigenvalue weighted by Gasteiger charge is 1.93. The molecule has 0 bridgehead atoms. The summed E-state index contributed by atoms with van der Waals surface area (Å²) in [5.41, 5.74) is 7.85. The maximum absolute atomic E-state index is 5.73. The topological polar surface area (TPSA) is 38.0 Å². The van der Waals surface area contributed by atoms with Crippen molar-refractivity contribution in [2.45, 2.75) is 52.0 Å². The number of nitrogens with one attached hydrogen (secondary N) is 1. The van der Waals surface area contributed by atoms with Crippen LogP contribution in [0.5, 0.6) is 0 Å². The maximum atomic E-state index is 5.73. The Kier molecular flexibility index (Phi) is 7.48. The summed E-state index contributed by atoms with van der Waals surface area (Å²) in [4.78, 5) is 0. The van der Waals surface area contributed by atoms with Crippen LogP contribution in [0.15, 0.2) is 24.3 Å². The van der Waals surface area contributed by atoms with Gasteiger partial charge < -0.3 is 11.1 Å². The first kappa shape index (κ1) is 14.0. The van der Waals surface area contributed by atoms with Crippen LogP contribution < -0.4 is 11.1 Å². The zero-order chi connectivity index (χ0) is 12.3. The van der Waals surface area contributed by atoms with Crippen molar-refractivity contribution in [3.05, 3.63) is 29.8 Å². The van der Waals surface area contributed by atoms with Crippen molar-refractivity contribution in [3.8, 4) is 0 Å². The van der Waals surface area contributed by atoms with Crippen LogP contribution >= 0.6 is 0 Å². The Morgan fingerprint density at radius 3 is 2.59 bits per heavy atom. The van der Waals surface area contributed by atoms with Crippen LogP contribution in [0.2, 0.25) is 0 Å². The van der Waals surface area contributed by atoms with Crippen molar-refractivity contribution in [3.63, 3.8) is 0 Å². The molecule has 0 amide bonds. The second kappa shape index (κ2) is 9.06. The molecule has 0 atom stereocenters. The molecule has 3 N–H and O–H groups in total. The Hall–Kier alpha value is -1.02. The third-order valence-electron chi connectivity index (χ3n) is 2.99. The van der Waals surface area contributed by atoms with E-state index in [1.54, 1.807) is 0 Å². The van der Waals surface area contributed by atoms with E-state index in [1.165, 1.54) is 44.1 Å². The number of rotatable bonds is 9. The Morgan fingerprint density at radius 2 is 1.82 bits per heavy atom. The van der Waals surface area contributed by atoms with Crippen LogP contribution in [0.4, 0.5) is 5.69 Å². The van der Waals surface area contributed by atoms with E-state index >= 15 is 0 Å². The molecular formula is C15H26N2. The zero-order valence-electron chi connectivity index (χ0n) is 11.0. The zero-order valence-corrected chi connectivity index (χ0v) is 11.0. The number of unbranched alkanes of at least 4 members (excludes halogenated alkanes) is 5. The molecule has 2 heteroatoms. The fraction of sp³-hybridized carbons (Fsp3) is 0.600. The number of hydrogen-bond acceptors (Lipinski definition) is 2. The molecule has 0 unspecified atom stereocenters. The average Bonchev–Trinajstić information content (AvgIpc) is 2.33. The quantitative estimate of drug-likeness (QED) is 0.505. The van der Waals surface area contributed by atoms with E-state index in [0.29, 0.717) is 0 Å². The smallest absolute Gasteiger partial charge is 0.0317 e. The normalized spacial score (nSPS) is 10.6. The number of hydrogen-bond donors (Lipinski definition) is 2. The Bertz CT molecular complexity index is 297. The molecule has 0 saturated heterocycles. The summed E-state index contributed by atoms with van der Waals surface area (Å²) in [5.74, 6) is 0. The van der Waals surface area contributed by atoms with Gasteiger partial charge in [-0.2, -0.15) is 0 Å². The summed E-state index contributed by atoms with van der Waals surface area (Å²) in [6.45, 7) is 4.30. The molecule has 0 fully saturated rings. The van der Waals surface area contributed by atoms with Crippen molar-refractivity contribution in [2.24, 2.45) is 0 Å². The minimum absolute atomic E-state index is 0.851. The lowest BCUT2D eigenvalue weighted by molar-refractivity contribution is 0.572. The van der Waals surface area contributed by atoms with Crippen LogP contribution in [0.1, 0.15) is 51.0 Å². The summed E-state index contributed by atoms with van der Waals surface area (Å²) >= 11 is 0. The molecule has 0 aliphatic rings. The molecule has 0 aliphatic carbocycles. The summed E-state index contributed by atoms with van der Waals surface area (Å²) in [6.07, 6.45) is 8.12. The predicted molar refractivity (Wildman–Crippen MR) is 75.9 cm³/mol. The van der Waals surface area contributed by atoms with Gasteiger partial charge in [0.25, 0.3) is 0 Å². The highest BCUT2D eigenvalue weighted by atomic mass is 14.8. The lowest BCUT2D eigenvalue weighted by Gasteiger charge is -2.05. The molecule has 0 radical (unpaired) electrons. The van der Waals surface area contributed by atoms with E-state index in [9.17, 15) is 0 Å². The molecule has 0 saturated carbocycles. The highest BCUT2D eigenvalue weighted by Crippen LogP contribution is 2.06. The number of nitrogens with two attached hydrogens (primary N) is 1. The van der Waals surface area contributed by atoms with E-state index in [0.717, 1.165) is 18.8 Å². The largest absolute Gasteiger partial charge is 0.399 e. The molecule has 0 heterocycles. The second-order valence-electron chi connectivity index (χ2n) is 4.69. The van der Waals surface area contributed by atoms with Crippen LogP contribution in [0, 0.1) is 0 Å². The van der Waals surface area contributed by atoms with E-state index in [4.69, 9.17) is 5.73 Å². The van der Waals surface area contributed by atoms with Gasteiger partial charge in [0.1, 0.15) is 0 Å². The molecule has 1 rings (SSSR count). The minimum atomic E-state index is 0.851. The first-order valence-electron chi connectivity index (χ1n) is 6.88. The van der Waals surface area contributed by atoms with Gasteiger partial charge in [0.05, 0.1) is 0 Å². The molecule has 1 aromatic rings. The first-order chi connectivity index (χ1) is 8.33. The van der Waals surface area contributed by atoms with Gasteiger partial charge >= 0.3 is 0 Å². The van der Waals surface area contributed by atoms with Crippen molar-refractivity contribution in [1.82, 2.24) is 5.32 Å². The Morgan fingerprint density at radius 1 is 1.06 bits per heavy atom. The summed E-state index contributed by atoms with van der Waals surface area (Å²) < 4.78 is 0.